The molecule has 0 aliphatic carbocycles. The Kier molecular flexibility index (Phi) is 9.11. The fourth-order valence-corrected chi connectivity index (χ4v) is 3.34. The number of carbonyl (C=O) groups is 3. The molecule has 3 amide bonds. The molecule has 0 atom stereocenters. The molecule has 3 aromatic rings. The molecule has 7 nitrogen and oxygen atoms in total. The van der Waals surface area contributed by atoms with E-state index in [1.54, 1.807) is 18.2 Å². The van der Waals surface area contributed by atoms with E-state index >= 15 is 0 Å². The molecule has 0 radical (unpaired) electrons. The second kappa shape index (κ2) is 12.5. The number of hydrogen-bond acceptors (Lipinski definition) is 4. The van der Waals surface area contributed by atoms with E-state index in [1.807, 2.05) is 30.3 Å². The van der Waals surface area contributed by atoms with E-state index in [9.17, 15) is 18.8 Å². The lowest BCUT2D eigenvalue weighted by molar-refractivity contribution is -0.125. The van der Waals surface area contributed by atoms with Gasteiger partial charge < -0.3 is 15.5 Å². The predicted molar refractivity (Wildman–Crippen MR) is 129 cm³/mol. The first kappa shape index (κ1) is 24.9. The van der Waals surface area contributed by atoms with Gasteiger partial charge in [-0.3, -0.25) is 14.4 Å². The summed E-state index contributed by atoms with van der Waals surface area (Å²) < 4.78 is 13.6. The van der Waals surface area contributed by atoms with Crippen LogP contribution in [0.25, 0.3) is 0 Å². The Morgan fingerprint density at radius 2 is 1.71 bits per heavy atom. The minimum Gasteiger partial charge on any atom is -0.354 e. The van der Waals surface area contributed by atoms with Gasteiger partial charge in [0.1, 0.15) is 18.2 Å². The number of carbonyl (C=O) groups excluding carboxylic acids is 3. The molecule has 0 aliphatic heterocycles. The molecule has 0 bridgehead atoms. The fourth-order valence-electron chi connectivity index (χ4n) is 3.16. The zero-order valence-corrected chi connectivity index (χ0v) is 19.1. The average Bonchev–Trinajstić information content (AvgIpc) is 2.84. The molecule has 0 unspecified atom stereocenters. The lowest BCUT2D eigenvalue weighted by Crippen LogP contribution is -2.41. The summed E-state index contributed by atoms with van der Waals surface area (Å²) in [6, 6.07) is 18.5. The summed E-state index contributed by atoms with van der Waals surface area (Å²) in [4.78, 5) is 42.9. The van der Waals surface area contributed by atoms with E-state index in [0.717, 1.165) is 11.6 Å². The van der Waals surface area contributed by atoms with Crippen LogP contribution in [0.3, 0.4) is 0 Å². The molecule has 176 valence electrons. The number of hydrogen-bond donors (Lipinski definition) is 2. The largest absolute Gasteiger partial charge is 0.354 e. The third kappa shape index (κ3) is 7.67. The molecular formula is C25H24ClFN4O3. The maximum atomic E-state index is 13.6. The smallest absolute Gasteiger partial charge is 0.240 e. The lowest BCUT2D eigenvalue weighted by Gasteiger charge is -2.23. The van der Waals surface area contributed by atoms with Gasteiger partial charge >= 0.3 is 0 Å². The highest BCUT2D eigenvalue weighted by atomic mass is 35.5. The van der Waals surface area contributed by atoms with Crippen LogP contribution in [0, 0.1) is 5.82 Å². The Labute approximate surface area is 201 Å². The van der Waals surface area contributed by atoms with Gasteiger partial charge in [-0.25, -0.2) is 9.37 Å². The first-order valence-electron chi connectivity index (χ1n) is 10.7. The number of nitrogens with zero attached hydrogens (tertiary/aromatic N) is 2. The standard InChI is InChI=1S/C25H24ClFN4O3/c26-20-16-19(9-10-21(20)27)31(17-24(33)29-15-13-18-6-2-1-3-7-18)25(34)12-11-23(32)30-22-8-4-5-14-28-22/h1-10,14,16H,11-13,15,17H2,(H,29,33)(H,28,30,32). The number of anilines is 2. The van der Waals surface area contributed by atoms with Crippen molar-refractivity contribution in [1.82, 2.24) is 10.3 Å². The highest BCUT2D eigenvalue weighted by Crippen LogP contribution is 2.23. The quantitative estimate of drug-likeness (QED) is 0.457. The summed E-state index contributed by atoms with van der Waals surface area (Å²) in [6.45, 7) is 0.0962. The van der Waals surface area contributed by atoms with Crippen molar-refractivity contribution in [2.75, 3.05) is 23.3 Å². The van der Waals surface area contributed by atoms with Crippen LogP contribution in [-0.2, 0) is 20.8 Å². The Hall–Kier alpha value is -3.78. The molecule has 34 heavy (non-hydrogen) atoms. The van der Waals surface area contributed by atoms with Gasteiger partial charge in [-0.05, 0) is 42.3 Å². The fraction of sp³-hybridized carbons (Fsp3) is 0.200. The monoisotopic (exact) mass is 482 g/mol. The summed E-state index contributed by atoms with van der Waals surface area (Å²) in [6.07, 6.45) is 1.90. The molecule has 1 heterocycles. The van der Waals surface area contributed by atoms with Crippen LogP contribution in [0.15, 0.2) is 72.9 Å². The molecule has 2 N–H and O–H groups in total. The van der Waals surface area contributed by atoms with Crippen molar-refractivity contribution in [2.24, 2.45) is 0 Å². The molecule has 0 saturated carbocycles. The van der Waals surface area contributed by atoms with E-state index in [1.165, 1.54) is 23.2 Å². The van der Waals surface area contributed by atoms with Gasteiger partial charge in [0.05, 0.1) is 5.02 Å². The molecule has 0 aliphatic rings. The van der Waals surface area contributed by atoms with E-state index in [0.29, 0.717) is 18.8 Å². The van der Waals surface area contributed by atoms with Gasteiger partial charge in [-0.15, -0.1) is 0 Å². The Morgan fingerprint density at radius 1 is 0.941 bits per heavy atom. The first-order valence-corrected chi connectivity index (χ1v) is 11.1. The van der Waals surface area contributed by atoms with Gasteiger partial charge in [0.2, 0.25) is 17.7 Å². The van der Waals surface area contributed by atoms with E-state index < -0.39 is 17.6 Å². The summed E-state index contributed by atoms with van der Waals surface area (Å²) in [5.74, 6) is -1.52. The van der Waals surface area contributed by atoms with Crippen LogP contribution in [-0.4, -0.2) is 35.8 Å². The van der Waals surface area contributed by atoms with Gasteiger partial charge in [-0.2, -0.15) is 0 Å². The molecule has 0 fully saturated rings. The zero-order valence-electron chi connectivity index (χ0n) is 18.3. The number of aromatic nitrogens is 1. The van der Waals surface area contributed by atoms with Crippen LogP contribution >= 0.6 is 11.6 Å². The van der Waals surface area contributed by atoms with Crippen molar-refractivity contribution < 1.29 is 18.8 Å². The van der Waals surface area contributed by atoms with Crippen molar-refractivity contribution in [3.63, 3.8) is 0 Å². The highest BCUT2D eigenvalue weighted by molar-refractivity contribution is 6.31. The zero-order chi connectivity index (χ0) is 24.3. The molecule has 0 saturated heterocycles. The molecule has 1 aromatic heterocycles. The van der Waals surface area contributed by atoms with Gasteiger partial charge in [-0.1, -0.05) is 48.0 Å². The van der Waals surface area contributed by atoms with Gasteiger partial charge in [0, 0.05) is 31.3 Å². The van der Waals surface area contributed by atoms with Crippen LogP contribution in [0.5, 0.6) is 0 Å². The Balaban J connectivity index is 1.61. The summed E-state index contributed by atoms with van der Waals surface area (Å²) in [5, 5.41) is 5.21. The lowest BCUT2D eigenvalue weighted by atomic mass is 10.1. The second-order valence-corrected chi connectivity index (χ2v) is 7.83. The minimum atomic E-state index is -0.639. The van der Waals surface area contributed by atoms with Crippen LogP contribution in [0.2, 0.25) is 5.02 Å². The maximum Gasteiger partial charge on any atom is 0.240 e. The van der Waals surface area contributed by atoms with Crippen molar-refractivity contribution in [1.29, 1.82) is 0 Å². The molecular weight excluding hydrogens is 459 g/mol. The molecule has 9 heteroatoms. The van der Waals surface area contributed by atoms with Crippen molar-refractivity contribution in [2.45, 2.75) is 19.3 Å². The van der Waals surface area contributed by atoms with Gasteiger partial charge in [0.15, 0.2) is 0 Å². The van der Waals surface area contributed by atoms with Crippen LogP contribution in [0.1, 0.15) is 18.4 Å². The van der Waals surface area contributed by atoms with E-state index in [2.05, 4.69) is 15.6 Å². The second-order valence-electron chi connectivity index (χ2n) is 7.43. The summed E-state index contributed by atoms with van der Waals surface area (Å²) in [5.41, 5.74) is 1.33. The molecule has 3 rings (SSSR count). The third-order valence-electron chi connectivity index (χ3n) is 4.89. The number of halogens is 2. The van der Waals surface area contributed by atoms with E-state index in [4.69, 9.17) is 11.6 Å². The predicted octanol–water partition coefficient (Wildman–Crippen LogP) is 3.98. The molecule has 0 spiro atoms. The van der Waals surface area contributed by atoms with Gasteiger partial charge in [0.25, 0.3) is 0 Å². The topological polar surface area (TPSA) is 91.4 Å². The Morgan fingerprint density at radius 3 is 2.41 bits per heavy atom. The average molecular weight is 483 g/mol. The van der Waals surface area contributed by atoms with E-state index in [-0.39, 0.29) is 36.0 Å². The van der Waals surface area contributed by atoms with Crippen molar-refractivity contribution in [3.8, 4) is 0 Å². The molecule has 2 aromatic carbocycles. The Bertz CT molecular complexity index is 1130. The normalized spacial score (nSPS) is 10.4. The number of pyridine rings is 1. The summed E-state index contributed by atoms with van der Waals surface area (Å²) >= 11 is 5.88. The minimum absolute atomic E-state index is 0.115. The van der Waals surface area contributed by atoms with Crippen LogP contribution < -0.4 is 15.5 Å². The number of nitrogens with one attached hydrogen (secondary N) is 2. The first-order chi connectivity index (χ1) is 16.4. The number of benzene rings is 2. The number of amides is 3. The summed E-state index contributed by atoms with van der Waals surface area (Å²) in [7, 11) is 0. The third-order valence-corrected chi connectivity index (χ3v) is 5.18. The maximum absolute atomic E-state index is 13.6. The van der Waals surface area contributed by atoms with Crippen molar-refractivity contribution in [3.05, 3.63) is 89.3 Å². The number of rotatable bonds is 10. The SMILES string of the molecule is O=C(CN(C(=O)CCC(=O)Nc1ccccn1)c1ccc(F)c(Cl)c1)NCCc1ccccc1. The van der Waals surface area contributed by atoms with Crippen LogP contribution in [0.4, 0.5) is 15.9 Å². The highest BCUT2D eigenvalue weighted by Gasteiger charge is 2.21. The van der Waals surface area contributed by atoms with Crippen molar-refractivity contribution >= 4 is 40.8 Å².